The molecule has 1 saturated heterocycles. The summed E-state index contributed by atoms with van der Waals surface area (Å²) in [4.78, 5) is 13.6. The Bertz CT molecular complexity index is 236. The maximum atomic E-state index is 11.8. The largest absolute Gasteiger partial charge is 0.444 e. The molecule has 0 saturated carbocycles. The Morgan fingerprint density at radius 3 is 2.75 bits per heavy atom. The fourth-order valence-corrected chi connectivity index (χ4v) is 1.91. The first-order valence-corrected chi connectivity index (χ1v) is 6.05. The number of carbonyl (C=O) groups excluding carboxylic acids is 1. The van der Waals surface area contributed by atoms with Crippen LogP contribution in [0.25, 0.3) is 0 Å². The van der Waals surface area contributed by atoms with E-state index < -0.39 is 0 Å². The molecular weight excluding hydrogens is 204 g/mol. The second kappa shape index (κ2) is 5.53. The highest BCUT2D eigenvalue weighted by Crippen LogP contribution is 2.21. The van der Waals surface area contributed by atoms with Crippen molar-refractivity contribution in [2.75, 3.05) is 26.7 Å². The molecule has 0 radical (unpaired) electrons. The van der Waals surface area contributed by atoms with E-state index in [1.807, 2.05) is 32.7 Å². The zero-order valence-corrected chi connectivity index (χ0v) is 10.9. The summed E-state index contributed by atoms with van der Waals surface area (Å²) in [6.45, 7) is 8.41. The van der Waals surface area contributed by atoms with Gasteiger partial charge in [0.2, 0.25) is 0 Å². The van der Waals surface area contributed by atoms with Crippen LogP contribution in [0.2, 0.25) is 0 Å². The van der Waals surface area contributed by atoms with E-state index in [1.54, 1.807) is 0 Å². The Morgan fingerprint density at radius 2 is 2.19 bits per heavy atom. The van der Waals surface area contributed by atoms with Crippen molar-refractivity contribution in [1.29, 1.82) is 0 Å². The van der Waals surface area contributed by atoms with Gasteiger partial charge in [0.25, 0.3) is 0 Å². The summed E-state index contributed by atoms with van der Waals surface area (Å²) in [5, 5.41) is 3.14. The summed E-state index contributed by atoms with van der Waals surface area (Å²) in [5.74, 6) is 0.625. The molecule has 1 heterocycles. The quantitative estimate of drug-likeness (QED) is 0.801. The summed E-state index contributed by atoms with van der Waals surface area (Å²) < 4.78 is 5.35. The van der Waals surface area contributed by atoms with E-state index in [1.165, 1.54) is 0 Å². The van der Waals surface area contributed by atoms with Gasteiger partial charge in [0.15, 0.2) is 0 Å². The Morgan fingerprint density at radius 1 is 1.50 bits per heavy atom. The average Bonchev–Trinajstić information content (AvgIpc) is 2.60. The molecule has 0 aromatic rings. The first kappa shape index (κ1) is 13.3. The summed E-state index contributed by atoms with van der Waals surface area (Å²) in [6.07, 6.45) is 2.07. The first-order chi connectivity index (χ1) is 7.42. The lowest BCUT2D eigenvalue weighted by atomic mass is 10.1. The standard InChI is InChI=1S/C12H24N2O2/c1-12(2,3)16-11(15)14-8-6-10(9-14)5-7-13-4/h10,13H,5-9H2,1-4H3/t10-/m0/s1. The average molecular weight is 228 g/mol. The Hall–Kier alpha value is -0.770. The van der Waals surface area contributed by atoms with Gasteiger partial charge in [-0.25, -0.2) is 4.79 Å². The number of amides is 1. The SMILES string of the molecule is CNCC[C@H]1CCN(C(=O)OC(C)(C)C)C1. The van der Waals surface area contributed by atoms with E-state index in [9.17, 15) is 4.79 Å². The van der Waals surface area contributed by atoms with Crippen LogP contribution in [0.3, 0.4) is 0 Å². The lowest BCUT2D eigenvalue weighted by molar-refractivity contribution is 0.0287. The lowest BCUT2D eigenvalue weighted by Gasteiger charge is -2.24. The molecule has 0 aromatic heterocycles. The molecule has 1 aliphatic heterocycles. The van der Waals surface area contributed by atoms with E-state index in [4.69, 9.17) is 4.74 Å². The van der Waals surface area contributed by atoms with Crippen LogP contribution in [0.15, 0.2) is 0 Å². The minimum Gasteiger partial charge on any atom is -0.444 e. The normalized spacial score (nSPS) is 21.2. The van der Waals surface area contributed by atoms with Gasteiger partial charge in [0.1, 0.15) is 5.60 Å². The van der Waals surface area contributed by atoms with Crippen molar-refractivity contribution in [1.82, 2.24) is 10.2 Å². The van der Waals surface area contributed by atoms with Crippen LogP contribution >= 0.6 is 0 Å². The van der Waals surface area contributed by atoms with Crippen LogP contribution in [-0.2, 0) is 4.74 Å². The molecule has 1 atom stereocenters. The van der Waals surface area contributed by atoms with Crippen LogP contribution in [0.4, 0.5) is 4.79 Å². The molecule has 0 unspecified atom stereocenters. The minimum atomic E-state index is -0.389. The molecule has 1 N–H and O–H groups in total. The molecule has 0 aliphatic carbocycles. The van der Waals surface area contributed by atoms with Gasteiger partial charge in [-0.3, -0.25) is 0 Å². The Labute approximate surface area is 98.3 Å². The van der Waals surface area contributed by atoms with Gasteiger partial charge >= 0.3 is 6.09 Å². The maximum absolute atomic E-state index is 11.8. The zero-order valence-electron chi connectivity index (χ0n) is 10.9. The van der Waals surface area contributed by atoms with Crippen molar-refractivity contribution in [3.63, 3.8) is 0 Å². The van der Waals surface area contributed by atoms with Gasteiger partial charge in [0, 0.05) is 13.1 Å². The van der Waals surface area contributed by atoms with Crippen molar-refractivity contribution in [2.45, 2.75) is 39.2 Å². The highest BCUT2D eigenvalue weighted by atomic mass is 16.6. The molecule has 1 fully saturated rings. The molecule has 0 aromatic carbocycles. The Kier molecular flexibility index (Phi) is 4.59. The van der Waals surface area contributed by atoms with E-state index >= 15 is 0 Å². The minimum absolute atomic E-state index is 0.167. The number of nitrogens with zero attached hydrogens (tertiary/aromatic N) is 1. The van der Waals surface area contributed by atoms with Crippen molar-refractivity contribution in [3.8, 4) is 0 Å². The van der Waals surface area contributed by atoms with Crippen LogP contribution in [0, 0.1) is 5.92 Å². The van der Waals surface area contributed by atoms with Crippen molar-refractivity contribution < 1.29 is 9.53 Å². The molecular formula is C12H24N2O2. The van der Waals surface area contributed by atoms with Crippen molar-refractivity contribution in [2.24, 2.45) is 5.92 Å². The number of likely N-dealkylation sites (tertiary alicyclic amines) is 1. The second-order valence-electron chi connectivity index (χ2n) is 5.47. The van der Waals surface area contributed by atoms with Crippen molar-refractivity contribution in [3.05, 3.63) is 0 Å². The summed E-state index contributed by atoms with van der Waals surface area (Å²) in [6, 6.07) is 0. The number of hydrogen-bond donors (Lipinski definition) is 1. The monoisotopic (exact) mass is 228 g/mol. The van der Waals surface area contributed by atoms with E-state index in [0.717, 1.165) is 32.5 Å². The fourth-order valence-electron chi connectivity index (χ4n) is 1.91. The summed E-state index contributed by atoms with van der Waals surface area (Å²) >= 11 is 0. The van der Waals surface area contributed by atoms with Gasteiger partial charge in [-0.05, 0) is 53.1 Å². The zero-order chi connectivity index (χ0) is 12.2. The Balaban J connectivity index is 2.32. The molecule has 1 amide bonds. The molecule has 0 bridgehead atoms. The predicted octanol–water partition coefficient (Wildman–Crippen LogP) is 1.85. The number of nitrogens with one attached hydrogen (secondary N) is 1. The van der Waals surface area contributed by atoms with Crippen LogP contribution in [-0.4, -0.2) is 43.3 Å². The number of ether oxygens (including phenoxy) is 1. The summed E-state index contributed by atoms with van der Waals surface area (Å²) in [7, 11) is 1.96. The third-order valence-electron chi connectivity index (χ3n) is 2.74. The molecule has 4 heteroatoms. The number of carbonyl (C=O) groups is 1. The molecule has 0 spiro atoms. The van der Waals surface area contributed by atoms with Gasteiger partial charge in [-0.1, -0.05) is 0 Å². The van der Waals surface area contributed by atoms with Crippen LogP contribution in [0.5, 0.6) is 0 Å². The van der Waals surface area contributed by atoms with Crippen molar-refractivity contribution >= 4 is 6.09 Å². The van der Waals surface area contributed by atoms with Gasteiger partial charge in [-0.2, -0.15) is 0 Å². The first-order valence-electron chi connectivity index (χ1n) is 6.05. The van der Waals surface area contributed by atoms with Gasteiger partial charge in [-0.15, -0.1) is 0 Å². The molecule has 16 heavy (non-hydrogen) atoms. The highest BCUT2D eigenvalue weighted by molar-refractivity contribution is 5.68. The smallest absolute Gasteiger partial charge is 0.410 e. The van der Waals surface area contributed by atoms with Crippen LogP contribution in [0.1, 0.15) is 33.6 Å². The van der Waals surface area contributed by atoms with E-state index in [-0.39, 0.29) is 11.7 Å². The second-order valence-corrected chi connectivity index (χ2v) is 5.47. The molecule has 1 rings (SSSR count). The predicted molar refractivity (Wildman–Crippen MR) is 64.5 cm³/mol. The molecule has 4 nitrogen and oxygen atoms in total. The van der Waals surface area contributed by atoms with Gasteiger partial charge < -0.3 is 15.0 Å². The van der Waals surface area contributed by atoms with E-state index in [2.05, 4.69) is 5.32 Å². The molecule has 94 valence electrons. The lowest BCUT2D eigenvalue weighted by Crippen LogP contribution is -2.35. The third kappa shape index (κ3) is 4.39. The van der Waals surface area contributed by atoms with Crippen LogP contribution < -0.4 is 5.32 Å². The highest BCUT2D eigenvalue weighted by Gasteiger charge is 2.29. The third-order valence-corrected chi connectivity index (χ3v) is 2.74. The number of hydrogen-bond acceptors (Lipinski definition) is 3. The number of rotatable bonds is 3. The van der Waals surface area contributed by atoms with Gasteiger partial charge in [0.05, 0.1) is 0 Å². The summed E-state index contributed by atoms with van der Waals surface area (Å²) in [5.41, 5.74) is -0.389. The molecule has 1 aliphatic rings. The van der Waals surface area contributed by atoms with E-state index in [0.29, 0.717) is 5.92 Å². The maximum Gasteiger partial charge on any atom is 0.410 e. The topological polar surface area (TPSA) is 41.6 Å². The fraction of sp³-hybridized carbons (Fsp3) is 0.917.